The van der Waals surface area contributed by atoms with Gasteiger partial charge in [-0.1, -0.05) is 41.5 Å². The molecular formula is C24H31N3O. The molecule has 4 heteroatoms. The monoisotopic (exact) mass is 377 g/mol. The Kier molecular flexibility index (Phi) is 4.91. The summed E-state index contributed by atoms with van der Waals surface area (Å²) in [4.78, 5) is 4.54. The number of hydrogen-bond donors (Lipinski definition) is 2. The molecule has 0 unspecified atom stereocenters. The first-order chi connectivity index (χ1) is 12.9. The molecule has 1 aliphatic carbocycles. The van der Waals surface area contributed by atoms with E-state index >= 15 is 0 Å². The lowest BCUT2D eigenvalue weighted by Gasteiger charge is -2.29. The average molecular weight is 378 g/mol. The van der Waals surface area contributed by atoms with Crippen molar-refractivity contribution in [3.8, 4) is 22.9 Å². The van der Waals surface area contributed by atoms with Crippen LogP contribution in [0.5, 0.6) is 5.75 Å². The van der Waals surface area contributed by atoms with E-state index in [1.54, 1.807) is 0 Å². The predicted octanol–water partition coefficient (Wildman–Crippen LogP) is 5.38. The molecule has 1 aromatic heterocycles. The van der Waals surface area contributed by atoms with Gasteiger partial charge in [-0.15, -0.1) is 0 Å². The van der Waals surface area contributed by atoms with Gasteiger partial charge in [0.25, 0.3) is 0 Å². The molecule has 0 aliphatic heterocycles. The molecule has 0 bridgehead atoms. The molecular weight excluding hydrogens is 346 g/mol. The summed E-state index contributed by atoms with van der Waals surface area (Å²) in [7, 11) is 0. The van der Waals surface area contributed by atoms with Gasteiger partial charge in [-0.2, -0.15) is 5.26 Å². The van der Waals surface area contributed by atoms with Gasteiger partial charge in [0.05, 0.1) is 0 Å². The van der Waals surface area contributed by atoms with Gasteiger partial charge in [-0.3, -0.25) is 0 Å². The van der Waals surface area contributed by atoms with Crippen molar-refractivity contribution < 1.29 is 5.11 Å². The summed E-state index contributed by atoms with van der Waals surface area (Å²) in [6.07, 6.45) is 3.99. The van der Waals surface area contributed by atoms with E-state index in [0.717, 1.165) is 59.2 Å². The molecule has 0 saturated carbocycles. The Bertz CT molecular complexity index is 934. The van der Waals surface area contributed by atoms with Crippen molar-refractivity contribution >= 4 is 5.82 Å². The standard InChI is InChI=1S/C24H31N3O/c1-23(2,3)17-11-14(12-18(21(17)28)24(4,5)6)20-15-9-7-8-10-19(15)27-22(26)16(20)13-25/h11-12,28H,7-10H2,1-6H3,(H2,26,27). The molecule has 0 atom stereocenters. The Morgan fingerprint density at radius 3 is 2.04 bits per heavy atom. The van der Waals surface area contributed by atoms with Crippen LogP contribution >= 0.6 is 0 Å². The van der Waals surface area contributed by atoms with Crippen LogP contribution < -0.4 is 5.73 Å². The van der Waals surface area contributed by atoms with Crippen LogP contribution in [0.4, 0.5) is 5.82 Å². The molecule has 2 aromatic rings. The van der Waals surface area contributed by atoms with Gasteiger partial charge in [0, 0.05) is 22.4 Å². The number of nitrogens with two attached hydrogens (primary N) is 1. The number of rotatable bonds is 1. The molecule has 0 amide bonds. The molecule has 0 fully saturated rings. The number of hydrogen-bond acceptors (Lipinski definition) is 4. The van der Waals surface area contributed by atoms with Crippen molar-refractivity contribution in [3.63, 3.8) is 0 Å². The van der Waals surface area contributed by atoms with E-state index in [1.165, 1.54) is 0 Å². The Labute approximate surface area is 168 Å². The number of anilines is 1. The number of fused-ring (bicyclic) bond motifs is 1. The summed E-state index contributed by atoms with van der Waals surface area (Å²) < 4.78 is 0. The second-order valence-corrected chi connectivity index (χ2v) is 9.91. The third kappa shape index (κ3) is 3.46. The molecule has 1 aliphatic rings. The van der Waals surface area contributed by atoms with Crippen molar-refractivity contribution in [3.05, 3.63) is 40.1 Å². The molecule has 3 N–H and O–H groups in total. The van der Waals surface area contributed by atoms with Crippen LogP contribution in [-0.4, -0.2) is 10.1 Å². The third-order valence-electron chi connectivity index (χ3n) is 5.63. The minimum atomic E-state index is -0.231. The van der Waals surface area contributed by atoms with Crippen molar-refractivity contribution in [2.75, 3.05) is 5.73 Å². The average Bonchev–Trinajstić information content (AvgIpc) is 2.58. The van der Waals surface area contributed by atoms with Crippen molar-refractivity contribution in [1.82, 2.24) is 4.98 Å². The van der Waals surface area contributed by atoms with E-state index in [0.29, 0.717) is 17.1 Å². The zero-order valence-corrected chi connectivity index (χ0v) is 17.9. The summed E-state index contributed by atoms with van der Waals surface area (Å²) >= 11 is 0. The SMILES string of the molecule is CC(C)(C)c1cc(-c2c(C#N)c(N)nc3c2CCCC3)cc(C(C)(C)C)c1O. The zero-order valence-electron chi connectivity index (χ0n) is 17.9. The lowest BCUT2D eigenvalue weighted by Crippen LogP contribution is -2.18. The number of nitriles is 1. The van der Waals surface area contributed by atoms with Gasteiger partial charge in [0.2, 0.25) is 0 Å². The smallest absolute Gasteiger partial charge is 0.142 e. The van der Waals surface area contributed by atoms with E-state index < -0.39 is 0 Å². The molecule has 4 nitrogen and oxygen atoms in total. The highest BCUT2D eigenvalue weighted by atomic mass is 16.3. The molecule has 148 valence electrons. The quantitative estimate of drug-likeness (QED) is 0.699. The predicted molar refractivity (Wildman–Crippen MR) is 115 cm³/mol. The molecule has 28 heavy (non-hydrogen) atoms. The molecule has 3 rings (SSSR count). The highest BCUT2D eigenvalue weighted by Crippen LogP contribution is 2.44. The molecule has 1 aromatic carbocycles. The van der Waals surface area contributed by atoms with Gasteiger partial charge in [0.1, 0.15) is 23.2 Å². The summed E-state index contributed by atoms with van der Waals surface area (Å²) in [5.41, 5.74) is 12.0. The van der Waals surface area contributed by atoms with Crippen LogP contribution in [0.25, 0.3) is 11.1 Å². The maximum absolute atomic E-state index is 11.0. The second-order valence-electron chi connectivity index (χ2n) is 9.91. The highest BCUT2D eigenvalue weighted by molar-refractivity contribution is 5.81. The van der Waals surface area contributed by atoms with E-state index in [1.807, 2.05) is 12.1 Å². The van der Waals surface area contributed by atoms with Crippen LogP contribution in [0, 0.1) is 11.3 Å². The van der Waals surface area contributed by atoms with Crippen molar-refractivity contribution in [2.45, 2.75) is 78.1 Å². The number of aryl methyl sites for hydroxylation is 1. The van der Waals surface area contributed by atoms with E-state index in [2.05, 4.69) is 52.6 Å². The van der Waals surface area contributed by atoms with Crippen LogP contribution in [0.1, 0.15) is 82.3 Å². The minimum Gasteiger partial charge on any atom is -0.507 e. The van der Waals surface area contributed by atoms with Gasteiger partial charge < -0.3 is 10.8 Å². The van der Waals surface area contributed by atoms with E-state index in [4.69, 9.17) is 5.73 Å². The number of pyridine rings is 1. The number of phenols is 1. The third-order valence-corrected chi connectivity index (χ3v) is 5.63. The number of benzene rings is 1. The Hall–Kier alpha value is -2.54. The second kappa shape index (κ2) is 6.81. The van der Waals surface area contributed by atoms with Crippen molar-refractivity contribution in [2.24, 2.45) is 0 Å². The molecule has 0 radical (unpaired) electrons. The number of phenolic OH excluding ortho intramolecular Hbond substituents is 1. The minimum absolute atomic E-state index is 0.231. The Morgan fingerprint density at radius 2 is 1.54 bits per heavy atom. The number of nitrogen functional groups attached to an aromatic ring is 1. The number of aromatic hydroxyl groups is 1. The van der Waals surface area contributed by atoms with Crippen LogP contribution in [0.15, 0.2) is 12.1 Å². The summed E-state index contributed by atoms with van der Waals surface area (Å²) in [6, 6.07) is 6.37. The summed E-state index contributed by atoms with van der Waals surface area (Å²) in [5.74, 6) is 0.652. The zero-order chi connectivity index (χ0) is 20.9. The molecule has 0 spiro atoms. The summed E-state index contributed by atoms with van der Waals surface area (Å²) in [5, 5.41) is 20.9. The Balaban J connectivity index is 2.43. The first kappa shape index (κ1) is 20.2. The highest BCUT2D eigenvalue weighted by Gasteiger charge is 2.29. The van der Waals surface area contributed by atoms with Crippen molar-refractivity contribution in [1.29, 1.82) is 5.26 Å². The lowest BCUT2D eigenvalue weighted by atomic mass is 9.76. The maximum Gasteiger partial charge on any atom is 0.142 e. The van der Waals surface area contributed by atoms with E-state index in [9.17, 15) is 10.4 Å². The normalized spacial score (nSPS) is 14.5. The maximum atomic E-state index is 11.0. The lowest BCUT2D eigenvalue weighted by molar-refractivity contribution is 0.423. The van der Waals surface area contributed by atoms with Crippen LogP contribution in [0.2, 0.25) is 0 Å². The fraction of sp³-hybridized carbons (Fsp3) is 0.500. The van der Waals surface area contributed by atoms with Crippen LogP contribution in [-0.2, 0) is 23.7 Å². The molecule has 1 heterocycles. The molecule has 0 saturated heterocycles. The van der Waals surface area contributed by atoms with Crippen LogP contribution in [0.3, 0.4) is 0 Å². The summed E-state index contributed by atoms with van der Waals surface area (Å²) in [6.45, 7) is 12.6. The van der Waals surface area contributed by atoms with Gasteiger partial charge >= 0.3 is 0 Å². The van der Waals surface area contributed by atoms with E-state index in [-0.39, 0.29) is 10.8 Å². The number of nitrogens with zero attached hydrogens (tertiary/aromatic N) is 2. The fourth-order valence-electron chi connectivity index (χ4n) is 4.12. The first-order valence-corrected chi connectivity index (χ1v) is 10.0. The van der Waals surface area contributed by atoms with Gasteiger partial charge in [-0.05, 0) is 59.8 Å². The van der Waals surface area contributed by atoms with Gasteiger partial charge in [-0.25, -0.2) is 4.98 Å². The Morgan fingerprint density at radius 1 is 1.00 bits per heavy atom. The first-order valence-electron chi connectivity index (χ1n) is 10.0. The fourth-order valence-corrected chi connectivity index (χ4v) is 4.12. The largest absolute Gasteiger partial charge is 0.507 e. The number of aromatic nitrogens is 1. The van der Waals surface area contributed by atoms with Gasteiger partial charge in [0.15, 0.2) is 0 Å². The topological polar surface area (TPSA) is 82.9 Å².